The molecule has 0 aromatic heterocycles. The van der Waals surface area contributed by atoms with Gasteiger partial charge in [0.1, 0.15) is 0 Å². The van der Waals surface area contributed by atoms with E-state index in [0.29, 0.717) is 0 Å². The summed E-state index contributed by atoms with van der Waals surface area (Å²) in [6.45, 7) is -0.345. The average Bonchev–Trinajstić information content (AvgIpc) is 2.54. The molecule has 0 spiro atoms. The zero-order valence-electron chi connectivity index (χ0n) is 11.7. The van der Waals surface area contributed by atoms with E-state index < -0.39 is 27.1 Å². The van der Waals surface area contributed by atoms with E-state index in [1.54, 1.807) is 0 Å². The third-order valence-electron chi connectivity index (χ3n) is 3.65. The van der Waals surface area contributed by atoms with Crippen LogP contribution in [0.15, 0.2) is 29.2 Å². The molecule has 0 bridgehead atoms. The molecule has 1 aliphatic rings. The van der Waals surface area contributed by atoms with E-state index in [2.05, 4.69) is 0 Å². The molecule has 10 heteroatoms. The monoisotopic (exact) mass is 331 g/mol. The van der Waals surface area contributed by atoms with Crippen LogP contribution in [0.4, 0.5) is 5.69 Å². The Morgan fingerprint density at radius 1 is 1.41 bits per heavy atom. The van der Waals surface area contributed by atoms with Crippen LogP contribution in [0.1, 0.15) is 0 Å². The zero-order chi connectivity index (χ0) is 16.4. The molecule has 1 atom stereocenters. The van der Waals surface area contributed by atoms with E-state index in [1.165, 1.54) is 12.1 Å². The van der Waals surface area contributed by atoms with Gasteiger partial charge in [0.05, 0.1) is 35.2 Å². The van der Waals surface area contributed by atoms with Crippen molar-refractivity contribution >= 4 is 15.7 Å². The van der Waals surface area contributed by atoms with Crippen LogP contribution in [0.3, 0.4) is 0 Å². The number of nitrogens with zero attached hydrogens (tertiary/aromatic N) is 2. The fraction of sp³-hybridized carbons (Fsp3) is 0.500. The second kappa shape index (κ2) is 6.26. The largest absolute Gasteiger partial charge is 0.394 e. The molecule has 0 amide bonds. The summed E-state index contributed by atoms with van der Waals surface area (Å²) in [5.74, 6) is 0. The number of sulfonamides is 1. The van der Waals surface area contributed by atoms with Crippen LogP contribution in [0.2, 0.25) is 0 Å². The number of hydrogen-bond acceptors (Lipinski definition) is 7. The Morgan fingerprint density at radius 3 is 2.55 bits per heavy atom. The standard InChI is InChI=1S/C12H17N3O6S/c13-7-12(8-16)9-21-6-5-14(12)22(19,20)11-3-1-10(2-4-11)15(17)18/h1-4,16H,5-9,13H2. The number of ether oxygens (including phenoxy) is 1. The number of nitro benzene ring substituents is 1. The predicted molar refractivity (Wildman–Crippen MR) is 76.7 cm³/mol. The second-order valence-corrected chi connectivity index (χ2v) is 6.83. The van der Waals surface area contributed by atoms with E-state index in [-0.39, 0.29) is 36.9 Å². The molecule has 1 heterocycles. The van der Waals surface area contributed by atoms with Crippen LogP contribution in [0.25, 0.3) is 0 Å². The van der Waals surface area contributed by atoms with Crippen molar-refractivity contribution in [1.29, 1.82) is 0 Å². The van der Waals surface area contributed by atoms with Crippen molar-refractivity contribution in [2.75, 3.05) is 32.9 Å². The van der Waals surface area contributed by atoms with E-state index in [1.807, 2.05) is 0 Å². The summed E-state index contributed by atoms with van der Waals surface area (Å²) < 4.78 is 31.8. The highest BCUT2D eigenvalue weighted by Gasteiger charge is 2.45. The van der Waals surface area contributed by atoms with Gasteiger partial charge in [0.2, 0.25) is 10.0 Å². The molecule has 1 unspecified atom stereocenters. The van der Waals surface area contributed by atoms with Gasteiger partial charge in [-0.3, -0.25) is 10.1 Å². The normalized spacial score (nSPS) is 23.4. The van der Waals surface area contributed by atoms with Gasteiger partial charge < -0.3 is 15.6 Å². The van der Waals surface area contributed by atoms with Gasteiger partial charge in [0, 0.05) is 25.2 Å². The van der Waals surface area contributed by atoms with Crippen LogP contribution in [0, 0.1) is 10.1 Å². The number of nitrogens with two attached hydrogens (primary N) is 1. The van der Waals surface area contributed by atoms with Gasteiger partial charge >= 0.3 is 0 Å². The molecule has 3 N–H and O–H groups in total. The molecule has 0 radical (unpaired) electrons. The summed E-state index contributed by atoms with van der Waals surface area (Å²) in [5, 5.41) is 20.2. The van der Waals surface area contributed by atoms with Gasteiger partial charge in [-0.1, -0.05) is 0 Å². The Hall–Kier alpha value is -1.59. The molecule has 1 aliphatic heterocycles. The first-order valence-electron chi connectivity index (χ1n) is 6.53. The first-order chi connectivity index (χ1) is 10.4. The summed E-state index contributed by atoms with van der Waals surface area (Å²) >= 11 is 0. The first-order valence-corrected chi connectivity index (χ1v) is 7.97. The number of hydrogen-bond donors (Lipinski definition) is 2. The molecule has 0 saturated carbocycles. The zero-order valence-corrected chi connectivity index (χ0v) is 12.5. The molecular weight excluding hydrogens is 314 g/mol. The maximum Gasteiger partial charge on any atom is 0.269 e. The predicted octanol–water partition coefficient (Wildman–Crippen LogP) is -0.694. The van der Waals surface area contributed by atoms with Crippen LogP contribution in [-0.2, 0) is 14.8 Å². The van der Waals surface area contributed by atoms with Gasteiger partial charge in [0.15, 0.2) is 0 Å². The number of aliphatic hydroxyl groups excluding tert-OH is 1. The van der Waals surface area contributed by atoms with E-state index in [4.69, 9.17) is 10.5 Å². The van der Waals surface area contributed by atoms with Crippen molar-refractivity contribution in [1.82, 2.24) is 4.31 Å². The second-order valence-electron chi connectivity index (χ2n) is 4.97. The van der Waals surface area contributed by atoms with Crippen LogP contribution in [0.5, 0.6) is 0 Å². The van der Waals surface area contributed by atoms with Gasteiger partial charge in [-0.15, -0.1) is 0 Å². The average molecular weight is 331 g/mol. The minimum absolute atomic E-state index is 0.00773. The van der Waals surface area contributed by atoms with Crippen molar-refractivity contribution in [3.8, 4) is 0 Å². The van der Waals surface area contributed by atoms with Gasteiger partial charge in [-0.25, -0.2) is 8.42 Å². The van der Waals surface area contributed by atoms with Crippen molar-refractivity contribution in [2.24, 2.45) is 5.73 Å². The molecular formula is C12H17N3O6S. The van der Waals surface area contributed by atoms with E-state index >= 15 is 0 Å². The Labute approximate surface area is 127 Å². The lowest BCUT2D eigenvalue weighted by Crippen LogP contribution is -2.64. The number of morpholine rings is 1. The maximum atomic E-state index is 12.7. The van der Waals surface area contributed by atoms with E-state index in [0.717, 1.165) is 16.4 Å². The number of aliphatic hydroxyl groups is 1. The van der Waals surface area contributed by atoms with Crippen LogP contribution < -0.4 is 5.73 Å². The smallest absolute Gasteiger partial charge is 0.269 e. The molecule has 2 rings (SSSR count). The topological polar surface area (TPSA) is 136 Å². The SMILES string of the molecule is NCC1(CO)COCCN1S(=O)(=O)c1ccc([N+](=O)[O-])cc1. The Bertz CT molecular complexity index is 641. The molecule has 1 aromatic carbocycles. The highest BCUT2D eigenvalue weighted by atomic mass is 32.2. The molecule has 1 aromatic rings. The quantitative estimate of drug-likeness (QED) is 0.538. The third-order valence-corrected chi connectivity index (χ3v) is 5.67. The Kier molecular flexibility index (Phi) is 4.78. The summed E-state index contributed by atoms with van der Waals surface area (Å²) in [7, 11) is -3.95. The molecule has 0 aliphatic carbocycles. The highest BCUT2D eigenvalue weighted by Crippen LogP contribution is 2.28. The minimum atomic E-state index is -3.95. The fourth-order valence-corrected chi connectivity index (χ4v) is 4.06. The van der Waals surface area contributed by atoms with E-state index in [9.17, 15) is 23.6 Å². The molecule has 1 fully saturated rings. The van der Waals surface area contributed by atoms with Gasteiger partial charge in [-0.05, 0) is 12.1 Å². The van der Waals surface area contributed by atoms with Crippen molar-refractivity contribution in [2.45, 2.75) is 10.4 Å². The number of benzene rings is 1. The third kappa shape index (κ3) is 2.83. The maximum absolute atomic E-state index is 12.7. The van der Waals surface area contributed by atoms with Crippen LogP contribution >= 0.6 is 0 Å². The minimum Gasteiger partial charge on any atom is -0.394 e. The fourth-order valence-electron chi connectivity index (χ4n) is 2.31. The van der Waals surface area contributed by atoms with Crippen molar-refractivity contribution in [3.63, 3.8) is 0 Å². The lowest BCUT2D eigenvalue weighted by atomic mass is 10.0. The lowest BCUT2D eigenvalue weighted by Gasteiger charge is -2.43. The highest BCUT2D eigenvalue weighted by molar-refractivity contribution is 7.89. The van der Waals surface area contributed by atoms with Crippen molar-refractivity contribution < 1.29 is 23.2 Å². The number of rotatable bonds is 5. The van der Waals surface area contributed by atoms with Crippen LogP contribution in [-0.4, -0.2) is 61.2 Å². The van der Waals surface area contributed by atoms with Crippen molar-refractivity contribution in [3.05, 3.63) is 34.4 Å². The Morgan fingerprint density at radius 2 is 2.05 bits per heavy atom. The summed E-state index contributed by atoms with van der Waals surface area (Å²) in [6, 6.07) is 4.58. The van der Waals surface area contributed by atoms with Gasteiger partial charge in [0.25, 0.3) is 5.69 Å². The lowest BCUT2D eigenvalue weighted by molar-refractivity contribution is -0.384. The summed E-state index contributed by atoms with van der Waals surface area (Å²) in [5.41, 5.74) is 4.22. The number of non-ortho nitro benzene ring substituents is 1. The number of nitro groups is 1. The molecule has 1 saturated heterocycles. The molecule has 22 heavy (non-hydrogen) atoms. The summed E-state index contributed by atoms with van der Waals surface area (Å²) in [6.07, 6.45) is 0. The molecule has 9 nitrogen and oxygen atoms in total. The first kappa shape index (κ1) is 16.8. The Balaban J connectivity index is 2.41. The molecule has 122 valence electrons. The van der Waals surface area contributed by atoms with Gasteiger partial charge in [-0.2, -0.15) is 4.31 Å². The summed E-state index contributed by atoms with van der Waals surface area (Å²) in [4.78, 5) is 9.94.